The molecule has 0 radical (unpaired) electrons. The maximum absolute atomic E-state index is 12.6. The largest absolute Gasteiger partial charge is 0.452 e. The lowest BCUT2D eigenvalue weighted by molar-refractivity contribution is -0.142. The zero-order valence-electron chi connectivity index (χ0n) is 17.1. The van der Waals surface area contributed by atoms with Crippen molar-refractivity contribution < 1.29 is 27.5 Å². The van der Waals surface area contributed by atoms with E-state index in [-0.39, 0.29) is 4.90 Å². The van der Waals surface area contributed by atoms with Crippen molar-refractivity contribution in [2.24, 2.45) is 0 Å². The maximum atomic E-state index is 12.6. The molecule has 1 amide bonds. The predicted octanol–water partition coefficient (Wildman–Crippen LogP) is 2.21. The molecule has 0 bridgehead atoms. The lowest BCUT2D eigenvalue weighted by atomic mass is 10.2. The average molecular weight is 445 g/mol. The number of carbonyl (C=O) groups excluding carboxylic acids is 2. The number of aryl methyl sites for hydroxylation is 1. The molecule has 1 fully saturated rings. The van der Waals surface area contributed by atoms with Gasteiger partial charge >= 0.3 is 5.97 Å². The Bertz CT molecular complexity index is 1060. The number of amides is 1. The molecular formula is C22H24N2O6S. The summed E-state index contributed by atoms with van der Waals surface area (Å²) in [4.78, 5) is 23.9. The molecule has 0 aromatic heterocycles. The molecule has 9 heteroatoms. The Hall–Kier alpha value is -3.01. The zero-order chi connectivity index (χ0) is 22.3. The number of hydrogen-bond acceptors (Lipinski definition) is 6. The number of rotatable bonds is 7. The first-order chi connectivity index (χ1) is 14.8. The first kappa shape index (κ1) is 22.7. The summed E-state index contributed by atoms with van der Waals surface area (Å²) >= 11 is 0. The predicted molar refractivity (Wildman–Crippen MR) is 116 cm³/mol. The van der Waals surface area contributed by atoms with Gasteiger partial charge in [-0.05, 0) is 48.4 Å². The summed E-state index contributed by atoms with van der Waals surface area (Å²) in [6.07, 6.45) is 2.68. The molecule has 1 N–H and O–H groups in total. The lowest BCUT2D eigenvalue weighted by Gasteiger charge is -2.26. The van der Waals surface area contributed by atoms with Crippen LogP contribution in [0.3, 0.4) is 0 Å². The zero-order valence-corrected chi connectivity index (χ0v) is 17.9. The molecule has 0 aliphatic carbocycles. The molecule has 1 saturated heterocycles. The number of carbonyl (C=O) groups is 2. The van der Waals surface area contributed by atoms with Crippen LogP contribution in [0, 0.1) is 6.92 Å². The van der Waals surface area contributed by atoms with Crippen LogP contribution >= 0.6 is 0 Å². The Morgan fingerprint density at radius 2 is 1.84 bits per heavy atom. The van der Waals surface area contributed by atoms with E-state index in [0.717, 1.165) is 5.56 Å². The van der Waals surface area contributed by atoms with Gasteiger partial charge in [0.1, 0.15) is 0 Å². The number of nitrogens with zero attached hydrogens (tertiary/aromatic N) is 1. The molecule has 0 spiro atoms. The van der Waals surface area contributed by atoms with Gasteiger partial charge in [-0.25, -0.2) is 13.2 Å². The molecule has 1 aliphatic rings. The molecule has 1 heterocycles. The summed E-state index contributed by atoms with van der Waals surface area (Å²) in [7, 11) is -3.56. The van der Waals surface area contributed by atoms with E-state index >= 15 is 0 Å². The van der Waals surface area contributed by atoms with E-state index in [2.05, 4.69) is 5.32 Å². The third-order valence-corrected chi connectivity index (χ3v) is 6.46. The summed E-state index contributed by atoms with van der Waals surface area (Å²) in [5.41, 5.74) is 2.26. The number of nitrogens with one attached hydrogen (secondary N) is 1. The number of morpholine rings is 1. The molecule has 8 nitrogen and oxygen atoms in total. The lowest BCUT2D eigenvalue weighted by Crippen LogP contribution is -2.40. The number of sulfonamides is 1. The Morgan fingerprint density at radius 1 is 1.13 bits per heavy atom. The van der Waals surface area contributed by atoms with Gasteiger partial charge in [-0.3, -0.25) is 4.79 Å². The van der Waals surface area contributed by atoms with Gasteiger partial charge in [-0.1, -0.05) is 24.3 Å². The summed E-state index contributed by atoms with van der Waals surface area (Å²) in [5, 5.41) is 2.65. The number of ether oxygens (including phenoxy) is 2. The second-order valence-corrected chi connectivity index (χ2v) is 8.88. The van der Waals surface area contributed by atoms with Crippen molar-refractivity contribution >= 4 is 33.7 Å². The highest BCUT2D eigenvalue weighted by Crippen LogP contribution is 2.18. The second kappa shape index (κ2) is 10.3. The van der Waals surface area contributed by atoms with E-state index < -0.39 is 28.5 Å². The van der Waals surface area contributed by atoms with Gasteiger partial charge in [0.25, 0.3) is 5.91 Å². The summed E-state index contributed by atoms with van der Waals surface area (Å²) in [5.74, 6) is -1.12. The second-order valence-electron chi connectivity index (χ2n) is 6.94. The molecule has 0 unspecified atom stereocenters. The van der Waals surface area contributed by atoms with Crippen molar-refractivity contribution in [3.8, 4) is 0 Å². The molecule has 2 aromatic carbocycles. The maximum Gasteiger partial charge on any atom is 0.331 e. The fourth-order valence-electron chi connectivity index (χ4n) is 2.96. The minimum Gasteiger partial charge on any atom is -0.452 e. The highest BCUT2D eigenvalue weighted by molar-refractivity contribution is 7.89. The summed E-state index contributed by atoms with van der Waals surface area (Å²) in [6, 6.07) is 13.5. The molecular weight excluding hydrogens is 420 g/mol. The van der Waals surface area contributed by atoms with Crippen molar-refractivity contribution in [3.05, 3.63) is 65.7 Å². The van der Waals surface area contributed by atoms with Gasteiger partial charge in [0.2, 0.25) is 10.0 Å². The topological polar surface area (TPSA) is 102 Å². The van der Waals surface area contributed by atoms with Crippen LogP contribution in [-0.4, -0.2) is 57.5 Å². The summed E-state index contributed by atoms with van der Waals surface area (Å²) < 4.78 is 36.7. The van der Waals surface area contributed by atoms with E-state index in [4.69, 9.17) is 9.47 Å². The van der Waals surface area contributed by atoms with E-state index in [1.165, 1.54) is 28.6 Å². The quantitative estimate of drug-likeness (QED) is 0.519. The van der Waals surface area contributed by atoms with Crippen molar-refractivity contribution in [1.29, 1.82) is 0 Å². The Morgan fingerprint density at radius 3 is 2.52 bits per heavy atom. The van der Waals surface area contributed by atoms with Crippen LogP contribution in [0.5, 0.6) is 0 Å². The third-order valence-electron chi connectivity index (χ3n) is 4.55. The van der Waals surface area contributed by atoms with Crippen LogP contribution in [0.2, 0.25) is 0 Å². The highest BCUT2D eigenvalue weighted by atomic mass is 32.2. The molecule has 2 aromatic rings. The van der Waals surface area contributed by atoms with E-state index in [1.807, 2.05) is 25.1 Å². The van der Waals surface area contributed by atoms with Gasteiger partial charge in [-0.15, -0.1) is 0 Å². The monoisotopic (exact) mass is 444 g/mol. The molecule has 1 aliphatic heterocycles. The third kappa shape index (κ3) is 6.48. The van der Waals surface area contributed by atoms with Crippen LogP contribution in [0.4, 0.5) is 5.69 Å². The molecule has 31 heavy (non-hydrogen) atoms. The summed E-state index contributed by atoms with van der Waals surface area (Å²) in [6.45, 7) is 2.91. The van der Waals surface area contributed by atoms with Crippen LogP contribution < -0.4 is 5.32 Å². The molecule has 164 valence electrons. The number of esters is 1. The first-order valence-electron chi connectivity index (χ1n) is 9.74. The molecule has 0 atom stereocenters. The Labute approximate surface area is 181 Å². The van der Waals surface area contributed by atoms with Crippen LogP contribution in [0.1, 0.15) is 11.1 Å². The van der Waals surface area contributed by atoms with Gasteiger partial charge in [-0.2, -0.15) is 4.31 Å². The normalized spacial score (nSPS) is 15.0. The van der Waals surface area contributed by atoms with Gasteiger partial charge < -0.3 is 14.8 Å². The number of anilines is 1. The standard InChI is InChI=1S/C22H24N2O6S/c1-17-3-2-4-19(15-17)23-21(25)16-30-22(26)10-7-18-5-8-20(9-6-18)31(27,28)24-11-13-29-14-12-24/h2-10,15H,11-14,16H2,1H3,(H,23,25)/b10-7+. The molecule has 0 saturated carbocycles. The van der Waals surface area contributed by atoms with E-state index in [1.54, 1.807) is 18.2 Å². The number of hydrogen-bond donors (Lipinski definition) is 1. The Balaban J connectivity index is 1.50. The Kier molecular flexibility index (Phi) is 7.56. The first-order valence-corrected chi connectivity index (χ1v) is 11.2. The van der Waals surface area contributed by atoms with Crippen molar-refractivity contribution in [1.82, 2.24) is 4.31 Å². The van der Waals surface area contributed by atoms with Crippen molar-refractivity contribution in [2.45, 2.75) is 11.8 Å². The van der Waals surface area contributed by atoms with Gasteiger partial charge in [0.15, 0.2) is 6.61 Å². The highest BCUT2D eigenvalue weighted by Gasteiger charge is 2.25. The van der Waals surface area contributed by atoms with Crippen LogP contribution in [-0.2, 0) is 29.1 Å². The fourth-order valence-corrected chi connectivity index (χ4v) is 4.36. The van der Waals surface area contributed by atoms with Gasteiger partial charge in [0, 0.05) is 24.9 Å². The smallest absolute Gasteiger partial charge is 0.331 e. The van der Waals surface area contributed by atoms with Crippen LogP contribution in [0.15, 0.2) is 59.5 Å². The van der Waals surface area contributed by atoms with Crippen LogP contribution in [0.25, 0.3) is 6.08 Å². The SMILES string of the molecule is Cc1cccc(NC(=O)COC(=O)/C=C/c2ccc(S(=O)(=O)N3CCOCC3)cc2)c1. The average Bonchev–Trinajstić information content (AvgIpc) is 2.77. The van der Waals surface area contributed by atoms with E-state index in [0.29, 0.717) is 37.6 Å². The van der Waals surface area contributed by atoms with Crippen molar-refractivity contribution in [2.75, 3.05) is 38.2 Å². The minimum absolute atomic E-state index is 0.182. The molecule has 3 rings (SSSR count). The van der Waals surface area contributed by atoms with Gasteiger partial charge in [0.05, 0.1) is 18.1 Å². The van der Waals surface area contributed by atoms with E-state index in [9.17, 15) is 18.0 Å². The minimum atomic E-state index is -3.56. The fraction of sp³-hybridized carbons (Fsp3) is 0.273. The van der Waals surface area contributed by atoms with Crippen molar-refractivity contribution in [3.63, 3.8) is 0 Å². The number of benzene rings is 2.